The molecule has 1 atom stereocenters. The molecule has 1 heterocycles. The van der Waals surface area contributed by atoms with Crippen LogP contribution in [-0.4, -0.2) is 34.4 Å². The summed E-state index contributed by atoms with van der Waals surface area (Å²) in [7, 11) is 1.42. The van der Waals surface area contributed by atoms with Gasteiger partial charge < -0.3 is 10.0 Å². The zero-order valence-electron chi connectivity index (χ0n) is 6.88. The molecule has 1 unspecified atom stereocenters. The van der Waals surface area contributed by atoms with Gasteiger partial charge in [-0.15, -0.1) is 11.3 Å². The van der Waals surface area contributed by atoms with Crippen LogP contribution >= 0.6 is 11.3 Å². The quantitative estimate of drug-likeness (QED) is 0.712. The van der Waals surface area contributed by atoms with Gasteiger partial charge in [0.25, 0.3) is 0 Å². The van der Waals surface area contributed by atoms with Crippen molar-refractivity contribution in [2.75, 3.05) is 7.05 Å². The summed E-state index contributed by atoms with van der Waals surface area (Å²) in [4.78, 5) is 26.6. The minimum Gasteiger partial charge on any atom is -0.479 e. The van der Waals surface area contributed by atoms with E-state index in [2.05, 4.69) is 4.98 Å². The molecule has 1 aromatic heterocycles. The Bertz CT molecular complexity index is 299. The van der Waals surface area contributed by atoms with Crippen LogP contribution in [-0.2, 0) is 9.59 Å². The highest BCUT2D eigenvalue weighted by Crippen LogP contribution is 2.21. The molecule has 1 rings (SSSR count). The molecule has 0 aliphatic carbocycles. The number of carbonyl (C=O) groups is 2. The molecule has 0 radical (unpaired) electrons. The lowest BCUT2D eigenvalue weighted by atomic mass is 10.2. The first kappa shape index (κ1) is 9.66. The highest BCUT2D eigenvalue weighted by atomic mass is 32.1. The highest BCUT2D eigenvalue weighted by molar-refractivity contribution is 7.09. The monoisotopic (exact) mass is 200 g/mol. The fraction of sp³-hybridized carbons (Fsp3) is 0.286. The van der Waals surface area contributed by atoms with E-state index in [1.165, 1.54) is 30.1 Å². The largest absolute Gasteiger partial charge is 0.479 e. The Balaban J connectivity index is 2.93. The molecule has 0 saturated carbocycles. The fourth-order valence-electron chi connectivity index (χ4n) is 0.918. The maximum Gasteiger partial charge on any atom is 0.332 e. The summed E-state index contributed by atoms with van der Waals surface area (Å²) in [5.41, 5.74) is 1.53. The molecule has 0 aliphatic heterocycles. The van der Waals surface area contributed by atoms with E-state index in [4.69, 9.17) is 5.11 Å². The number of nitrogens with zero attached hydrogens (tertiary/aromatic N) is 2. The molecular formula is C7H8N2O3S. The summed E-state index contributed by atoms with van der Waals surface area (Å²) in [6.07, 6.45) is 1.93. The molecule has 5 nitrogen and oxygen atoms in total. The number of hydrogen-bond donors (Lipinski definition) is 1. The van der Waals surface area contributed by atoms with Gasteiger partial charge in [-0.25, -0.2) is 4.79 Å². The summed E-state index contributed by atoms with van der Waals surface area (Å²) in [5.74, 6) is -1.06. The van der Waals surface area contributed by atoms with Gasteiger partial charge in [-0.3, -0.25) is 9.78 Å². The molecule has 0 bridgehead atoms. The highest BCUT2D eigenvalue weighted by Gasteiger charge is 2.24. The van der Waals surface area contributed by atoms with E-state index in [1.54, 1.807) is 0 Å². The smallest absolute Gasteiger partial charge is 0.332 e. The van der Waals surface area contributed by atoms with Crippen LogP contribution in [0.3, 0.4) is 0 Å². The molecule has 0 saturated heterocycles. The van der Waals surface area contributed by atoms with Gasteiger partial charge in [0.1, 0.15) is 0 Å². The van der Waals surface area contributed by atoms with Gasteiger partial charge in [-0.05, 0) is 0 Å². The molecular weight excluding hydrogens is 192 g/mol. The first-order valence-electron chi connectivity index (χ1n) is 3.45. The van der Waals surface area contributed by atoms with E-state index in [0.717, 1.165) is 4.90 Å². The van der Waals surface area contributed by atoms with Crippen LogP contribution in [0.25, 0.3) is 0 Å². The van der Waals surface area contributed by atoms with Crippen LogP contribution in [0.2, 0.25) is 0 Å². The number of aliphatic carboxylic acids is 1. The summed E-state index contributed by atoms with van der Waals surface area (Å²) >= 11 is 1.21. The van der Waals surface area contributed by atoms with Gasteiger partial charge in [0.15, 0.2) is 6.04 Å². The van der Waals surface area contributed by atoms with Crippen LogP contribution in [0.1, 0.15) is 10.9 Å². The number of carboxylic acids is 1. The third kappa shape index (κ3) is 2.03. The summed E-state index contributed by atoms with van der Waals surface area (Å²) in [5, 5.41) is 8.82. The lowest BCUT2D eigenvalue weighted by Crippen LogP contribution is -2.28. The van der Waals surface area contributed by atoms with Crippen molar-refractivity contribution in [2.45, 2.75) is 6.04 Å². The SMILES string of the molecule is CN(C=O)C(C(=O)O)c1cncs1. The van der Waals surface area contributed by atoms with E-state index < -0.39 is 12.0 Å². The number of carbonyl (C=O) groups excluding carboxylic acids is 1. The Labute approximate surface area is 78.6 Å². The minimum atomic E-state index is -1.06. The van der Waals surface area contributed by atoms with Gasteiger partial charge >= 0.3 is 5.97 Å². The van der Waals surface area contributed by atoms with Crippen LogP contribution in [0.15, 0.2) is 11.7 Å². The van der Waals surface area contributed by atoms with Crippen LogP contribution in [0.4, 0.5) is 0 Å². The van der Waals surface area contributed by atoms with Gasteiger partial charge in [-0.2, -0.15) is 0 Å². The molecule has 0 aromatic carbocycles. The van der Waals surface area contributed by atoms with E-state index in [-0.39, 0.29) is 0 Å². The summed E-state index contributed by atoms with van der Waals surface area (Å²) in [6, 6.07) is -0.926. The molecule has 1 amide bonds. The second-order valence-electron chi connectivity index (χ2n) is 2.42. The number of rotatable bonds is 4. The summed E-state index contributed by atoms with van der Waals surface area (Å²) in [6.45, 7) is 0. The Hall–Kier alpha value is -1.43. The van der Waals surface area contributed by atoms with Gasteiger partial charge in [0.2, 0.25) is 6.41 Å². The molecule has 70 valence electrons. The van der Waals surface area contributed by atoms with E-state index in [1.807, 2.05) is 0 Å². The van der Waals surface area contributed by atoms with Crippen molar-refractivity contribution in [3.8, 4) is 0 Å². The van der Waals surface area contributed by atoms with Crippen molar-refractivity contribution >= 4 is 23.7 Å². The summed E-state index contributed by atoms with van der Waals surface area (Å²) < 4.78 is 0. The molecule has 1 aromatic rings. The lowest BCUT2D eigenvalue weighted by molar-refractivity contribution is -0.145. The second-order valence-corrected chi connectivity index (χ2v) is 3.33. The number of likely N-dealkylation sites (N-methyl/N-ethyl adjacent to an activating group) is 1. The van der Waals surface area contributed by atoms with E-state index in [0.29, 0.717) is 11.3 Å². The zero-order chi connectivity index (χ0) is 9.84. The molecule has 0 aliphatic rings. The van der Waals surface area contributed by atoms with Crippen molar-refractivity contribution in [3.05, 3.63) is 16.6 Å². The number of carboxylic acid groups (broad SMARTS) is 1. The van der Waals surface area contributed by atoms with E-state index >= 15 is 0 Å². The first-order valence-corrected chi connectivity index (χ1v) is 4.33. The maximum absolute atomic E-state index is 10.8. The average Bonchev–Trinajstić information content (AvgIpc) is 2.56. The number of hydrogen-bond acceptors (Lipinski definition) is 4. The van der Waals surface area contributed by atoms with Crippen LogP contribution in [0, 0.1) is 0 Å². The Morgan fingerprint density at radius 1 is 1.85 bits per heavy atom. The van der Waals surface area contributed by atoms with Crippen molar-refractivity contribution in [3.63, 3.8) is 0 Å². The van der Waals surface area contributed by atoms with Crippen molar-refractivity contribution in [1.82, 2.24) is 9.88 Å². The maximum atomic E-state index is 10.8. The van der Waals surface area contributed by atoms with Crippen LogP contribution in [0.5, 0.6) is 0 Å². The normalized spacial score (nSPS) is 12.1. The molecule has 0 spiro atoms. The topological polar surface area (TPSA) is 70.5 Å². The average molecular weight is 200 g/mol. The number of aromatic nitrogens is 1. The molecule has 1 N–H and O–H groups in total. The fourth-order valence-corrected chi connectivity index (χ4v) is 1.68. The van der Waals surface area contributed by atoms with Crippen LogP contribution < -0.4 is 0 Å². The molecule has 0 fully saturated rings. The Morgan fingerprint density at radius 2 is 2.54 bits per heavy atom. The lowest BCUT2D eigenvalue weighted by Gasteiger charge is -2.18. The van der Waals surface area contributed by atoms with Gasteiger partial charge in [0, 0.05) is 13.2 Å². The minimum absolute atomic E-state index is 0.485. The predicted octanol–water partition coefficient (Wildman–Crippen LogP) is 0.357. The first-order chi connectivity index (χ1) is 6.16. The number of thiazole rings is 1. The third-order valence-corrected chi connectivity index (χ3v) is 2.36. The van der Waals surface area contributed by atoms with E-state index in [9.17, 15) is 9.59 Å². The standard InChI is InChI=1S/C7H8N2O3S/c1-9(4-10)6(7(11)12)5-2-8-3-13-5/h2-4,6H,1H3,(H,11,12). The van der Waals surface area contributed by atoms with Crippen molar-refractivity contribution in [2.24, 2.45) is 0 Å². The Morgan fingerprint density at radius 3 is 2.92 bits per heavy atom. The molecule has 6 heteroatoms. The van der Waals surface area contributed by atoms with Gasteiger partial charge in [-0.1, -0.05) is 0 Å². The number of amides is 1. The third-order valence-electron chi connectivity index (χ3n) is 1.53. The molecule has 13 heavy (non-hydrogen) atoms. The Kier molecular flexibility index (Phi) is 2.97. The predicted molar refractivity (Wildman–Crippen MR) is 46.3 cm³/mol. The zero-order valence-corrected chi connectivity index (χ0v) is 7.69. The second kappa shape index (κ2) is 3.99. The van der Waals surface area contributed by atoms with Gasteiger partial charge in [0.05, 0.1) is 10.4 Å². The van der Waals surface area contributed by atoms with Crippen molar-refractivity contribution < 1.29 is 14.7 Å². The van der Waals surface area contributed by atoms with Crippen molar-refractivity contribution in [1.29, 1.82) is 0 Å².